The number of carbonyl (C=O) groups is 7. The highest BCUT2D eigenvalue weighted by atomic mass is 79.9. The van der Waals surface area contributed by atoms with Gasteiger partial charge in [-0.15, -0.1) is 0 Å². The van der Waals surface area contributed by atoms with Gasteiger partial charge in [0, 0.05) is 123 Å². The van der Waals surface area contributed by atoms with Crippen LogP contribution in [-0.2, 0) is 23.9 Å². The van der Waals surface area contributed by atoms with E-state index in [1.54, 1.807) is 63.5 Å². The molecule has 4 aromatic heterocycles. The number of hydrogen-bond donors (Lipinski definition) is 5. The number of pyridine rings is 4. The van der Waals surface area contributed by atoms with Crippen LogP contribution in [0.3, 0.4) is 0 Å². The standard InChI is InChI=1S/C17H25N3O3.C13H17N3O3.C10H12BrNO2.C7H14N2O.C6H4BrNO2/c1-12(21)20-9-6-13(7-10-20)19-14-5-8-18-15(11-14)16(22)23-17(2,3)4;1-9(17)16-6-3-10(4-7-16)15-11-2-5-14-12(8-11)13(18)19;1-10(2,3)14-9(13)8-6-7(11)4-5-12-8;1-6(10)9-4-2-7(8)3-5-9;7-4-1-2-8-5(3-4)6(9)10/h5,8,11,13H,6-7,9-10H2,1-4H3,(H,18,19);2,5,8,10H,3-4,6-7H2,1H3,(H,14,15)(H,18,19);4-6H,1-3H3;7H,2-5,8H2,1H3;1-3H,(H,9,10). The predicted octanol–water partition coefficient (Wildman–Crippen LogP) is 7.96. The first-order valence-electron chi connectivity index (χ1n) is 24.7. The number of nitrogens with one attached hydrogen (secondary N) is 2. The number of aromatic carboxylic acids is 2. The topological polar surface area (TPSA) is 290 Å². The number of carbonyl (C=O) groups excluding carboxylic acids is 5. The molecule has 3 fully saturated rings. The smallest absolute Gasteiger partial charge is 0.357 e. The summed E-state index contributed by atoms with van der Waals surface area (Å²) in [6.45, 7) is 20.4. The molecule has 21 nitrogen and oxygen atoms in total. The zero-order chi connectivity index (χ0) is 56.8. The number of nitrogens with two attached hydrogens (primary N) is 1. The van der Waals surface area contributed by atoms with Crippen LogP contribution in [0.5, 0.6) is 0 Å². The summed E-state index contributed by atoms with van der Waals surface area (Å²) in [4.78, 5) is 98.9. The first-order chi connectivity index (χ1) is 35.6. The van der Waals surface area contributed by atoms with E-state index < -0.39 is 35.1 Å². The molecule has 0 unspecified atom stereocenters. The number of carboxylic acids is 2. The Morgan fingerprint density at radius 3 is 1.12 bits per heavy atom. The van der Waals surface area contributed by atoms with Crippen molar-refractivity contribution in [3.05, 3.63) is 105 Å². The van der Waals surface area contributed by atoms with Crippen LogP contribution in [0.4, 0.5) is 11.4 Å². The van der Waals surface area contributed by atoms with Crippen LogP contribution in [0.2, 0.25) is 0 Å². The number of esters is 2. The summed E-state index contributed by atoms with van der Waals surface area (Å²) in [6, 6.07) is 14.2. The van der Waals surface area contributed by atoms with Crippen molar-refractivity contribution in [3.8, 4) is 0 Å². The van der Waals surface area contributed by atoms with Crippen LogP contribution in [-0.4, -0.2) is 155 Å². The van der Waals surface area contributed by atoms with Gasteiger partial charge in [-0.05, 0) is 129 Å². The molecule has 3 aliphatic heterocycles. The SMILES string of the molecule is CC(=O)N1CCC(N)CC1.CC(=O)N1CCC(Nc2ccnc(C(=O)O)c2)CC1.CC(=O)N1CCC(Nc2ccnc(C(=O)OC(C)(C)C)c2)CC1.CC(C)(C)OC(=O)c1cc(Br)ccn1.O=C(O)c1cc(Br)ccn1. The molecule has 7 heterocycles. The fraction of sp³-hybridized carbons (Fsp3) is 0.491. The lowest BCUT2D eigenvalue weighted by Gasteiger charge is -2.32. The average molecular weight is 1190 g/mol. The summed E-state index contributed by atoms with van der Waals surface area (Å²) >= 11 is 6.39. The van der Waals surface area contributed by atoms with E-state index in [1.165, 1.54) is 24.5 Å². The van der Waals surface area contributed by atoms with Gasteiger partial charge >= 0.3 is 23.9 Å². The van der Waals surface area contributed by atoms with Crippen LogP contribution in [0.15, 0.2) is 82.3 Å². The molecule has 23 heteroatoms. The number of anilines is 2. The number of rotatable bonds is 8. The summed E-state index contributed by atoms with van der Waals surface area (Å²) in [7, 11) is 0. The van der Waals surface area contributed by atoms with Crippen LogP contribution in [0.25, 0.3) is 0 Å². The van der Waals surface area contributed by atoms with Crippen molar-refractivity contribution >= 4 is 84.8 Å². The third kappa shape index (κ3) is 24.8. The highest BCUT2D eigenvalue weighted by molar-refractivity contribution is 9.10. The van der Waals surface area contributed by atoms with Crippen LogP contribution in [0.1, 0.15) is 143 Å². The molecule has 3 aliphatic rings. The van der Waals surface area contributed by atoms with E-state index in [0.717, 1.165) is 98.1 Å². The zero-order valence-corrected chi connectivity index (χ0v) is 47.8. The number of aromatic nitrogens is 4. The highest BCUT2D eigenvalue weighted by Crippen LogP contribution is 2.21. The first-order valence-corrected chi connectivity index (χ1v) is 26.3. The maximum Gasteiger partial charge on any atom is 0.357 e. The molecule has 0 spiro atoms. The minimum absolute atomic E-state index is 0.0335. The van der Waals surface area contributed by atoms with Crippen molar-refractivity contribution in [2.24, 2.45) is 5.73 Å². The Balaban J connectivity index is 0.000000260. The van der Waals surface area contributed by atoms with Crippen molar-refractivity contribution < 1.29 is 53.2 Å². The van der Waals surface area contributed by atoms with E-state index in [0.29, 0.717) is 23.5 Å². The number of halogens is 2. The Bertz CT molecular complexity index is 2570. The molecule has 0 bridgehead atoms. The molecule has 0 aromatic carbocycles. The third-order valence-electron chi connectivity index (χ3n) is 11.2. The van der Waals surface area contributed by atoms with Gasteiger partial charge < -0.3 is 50.8 Å². The fourth-order valence-electron chi connectivity index (χ4n) is 7.33. The van der Waals surface area contributed by atoms with Crippen molar-refractivity contribution in [1.82, 2.24) is 34.6 Å². The summed E-state index contributed by atoms with van der Waals surface area (Å²) in [5.74, 6) is -2.47. The molecule has 3 saturated heterocycles. The van der Waals surface area contributed by atoms with E-state index in [1.807, 2.05) is 62.3 Å². The van der Waals surface area contributed by atoms with E-state index in [-0.39, 0.29) is 35.2 Å². The number of hydrogen-bond acceptors (Lipinski definition) is 16. The normalized spacial score (nSPS) is 15.0. The summed E-state index contributed by atoms with van der Waals surface area (Å²) in [5.41, 5.74) is 6.94. The van der Waals surface area contributed by atoms with Crippen molar-refractivity contribution in [2.45, 2.75) is 130 Å². The lowest BCUT2D eigenvalue weighted by molar-refractivity contribution is -0.130. The fourth-order valence-corrected chi connectivity index (χ4v) is 8.00. The molecule has 7 rings (SSSR count). The monoisotopic (exact) mass is 1180 g/mol. The minimum atomic E-state index is -1.03. The van der Waals surface area contributed by atoms with Gasteiger partial charge in [-0.2, -0.15) is 0 Å². The molecular formula is C53H72Br2N10O11. The number of piperidine rings is 3. The zero-order valence-electron chi connectivity index (χ0n) is 44.7. The second kappa shape index (κ2) is 30.8. The predicted molar refractivity (Wildman–Crippen MR) is 294 cm³/mol. The maximum atomic E-state index is 12.1. The van der Waals surface area contributed by atoms with E-state index in [4.69, 9.17) is 25.4 Å². The maximum absolute atomic E-state index is 12.1. The molecule has 0 atom stereocenters. The average Bonchev–Trinajstić information content (AvgIpc) is 3.34. The molecule has 4 aromatic rings. The molecule has 6 N–H and O–H groups in total. The van der Waals surface area contributed by atoms with Gasteiger partial charge in [0.25, 0.3) is 0 Å². The number of likely N-dealkylation sites (tertiary alicyclic amines) is 3. The van der Waals surface area contributed by atoms with Crippen LogP contribution < -0.4 is 16.4 Å². The second-order valence-corrected chi connectivity index (χ2v) is 21.7. The van der Waals surface area contributed by atoms with Crippen molar-refractivity contribution in [1.29, 1.82) is 0 Å². The lowest BCUT2D eigenvalue weighted by atomic mass is 10.0. The molecule has 3 amide bonds. The van der Waals surface area contributed by atoms with Gasteiger partial charge in [-0.25, -0.2) is 39.1 Å². The van der Waals surface area contributed by atoms with Crippen molar-refractivity contribution in [2.75, 3.05) is 49.9 Å². The van der Waals surface area contributed by atoms with E-state index >= 15 is 0 Å². The van der Waals surface area contributed by atoms with E-state index in [9.17, 15) is 33.6 Å². The number of nitrogens with zero attached hydrogens (tertiary/aromatic N) is 7. The summed E-state index contributed by atoms with van der Waals surface area (Å²) < 4.78 is 12.0. The number of ether oxygens (including phenoxy) is 2. The van der Waals surface area contributed by atoms with Crippen molar-refractivity contribution in [3.63, 3.8) is 0 Å². The van der Waals surface area contributed by atoms with E-state index in [2.05, 4.69) is 62.4 Å². The van der Waals surface area contributed by atoms with Gasteiger partial charge in [0.1, 0.15) is 34.0 Å². The summed E-state index contributed by atoms with van der Waals surface area (Å²) in [5, 5.41) is 24.0. The Kier molecular flexibility index (Phi) is 25.8. The molecule has 76 heavy (non-hydrogen) atoms. The Morgan fingerprint density at radius 2 is 0.803 bits per heavy atom. The Hall–Kier alpha value is -6.59. The minimum Gasteiger partial charge on any atom is -0.477 e. The first kappa shape index (κ1) is 63.7. The molecular weight excluding hydrogens is 1110 g/mol. The van der Waals surface area contributed by atoms with Crippen LogP contribution in [0, 0.1) is 0 Å². The Labute approximate surface area is 461 Å². The summed E-state index contributed by atoms with van der Waals surface area (Å²) in [6.07, 6.45) is 11.5. The van der Waals surface area contributed by atoms with Gasteiger partial charge in [0.05, 0.1) is 0 Å². The largest absolute Gasteiger partial charge is 0.477 e. The molecule has 0 aliphatic carbocycles. The third-order valence-corrected chi connectivity index (χ3v) is 12.2. The van der Waals surface area contributed by atoms with Gasteiger partial charge in [0.2, 0.25) is 17.7 Å². The Morgan fingerprint density at radius 1 is 0.513 bits per heavy atom. The molecule has 0 radical (unpaired) electrons. The number of amides is 3. The van der Waals surface area contributed by atoms with Crippen LogP contribution >= 0.6 is 31.9 Å². The molecule has 0 saturated carbocycles. The molecule has 414 valence electrons. The van der Waals surface area contributed by atoms with Gasteiger partial charge in [-0.1, -0.05) is 31.9 Å². The lowest BCUT2D eigenvalue weighted by Crippen LogP contribution is -2.41. The van der Waals surface area contributed by atoms with Gasteiger partial charge in [0.15, 0.2) is 0 Å². The quantitative estimate of drug-likeness (QED) is 0.105. The van der Waals surface area contributed by atoms with Gasteiger partial charge in [-0.3, -0.25) is 14.4 Å². The number of carboxylic acid groups (broad SMARTS) is 2. The highest BCUT2D eigenvalue weighted by Gasteiger charge is 2.24. The second-order valence-electron chi connectivity index (χ2n) is 19.9.